The van der Waals surface area contributed by atoms with Gasteiger partial charge < -0.3 is 4.90 Å². The Labute approximate surface area is 163 Å². The Morgan fingerprint density at radius 1 is 1.00 bits per heavy atom. The second-order valence-electron chi connectivity index (χ2n) is 7.24. The number of hydrazone groups is 1. The molecule has 0 unspecified atom stereocenters. The van der Waals surface area contributed by atoms with Crippen LogP contribution in [0.2, 0.25) is 0 Å². The molecule has 0 aliphatic carbocycles. The lowest BCUT2D eigenvalue weighted by atomic mass is 9.88. The van der Waals surface area contributed by atoms with Crippen molar-refractivity contribution in [1.82, 2.24) is 9.88 Å². The smallest absolute Gasteiger partial charge is 0.323 e. The number of hydrogen-bond acceptors (Lipinski definition) is 3. The van der Waals surface area contributed by atoms with E-state index >= 15 is 0 Å². The summed E-state index contributed by atoms with van der Waals surface area (Å²) in [6, 6.07) is 18.7. The van der Waals surface area contributed by atoms with Crippen molar-refractivity contribution in [3.8, 4) is 0 Å². The van der Waals surface area contributed by atoms with Gasteiger partial charge in [0.15, 0.2) is 0 Å². The summed E-state index contributed by atoms with van der Waals surface area (Å²) in [5.74, 6) is 3.26. The maximum atomic E-state index is 13.0. The maximum absolute atomic E-state index is 13.0. The molecule has 1 fully saturated rings. The van der Waals surface area contributed by atoms with E-state index in [1.165, 1.54) is 21.3 Å². The predicted molar refractivity (Wildman–Crippen MR) is 112 cm³/mol. The van der Waals surface area contributed by atoms with Crippen molar-refractivity contribution in [3.05, 3.63) is 72.1 Å². The number of carbonyl (C=O) groups excluding carboxylic acids is 1. The van der Waals surface area contributed by atoms with Crippen LogP contribution in [-0.2, 0) is 0 Å². The zero-order valence-corrected chi connectivity index (χ0v) is 15.5. The van der Waals surface area contributed by atoms with Crippen LogP contribution in [0.5, 0.6) is 0 Å². The van der Waals surface area contributed by atoms with Crippen LogP contribution in [0.4, 0.5) is 10.5 Å². The van der Waals surface area contributed by atoms with Gasteiger partial charge in [0.05, 0.1) is 11.4 Å². The quantitative estimate of drug-likeness (QED) is 0.628. The molecule has 0 radical (unpaired) electrons. The third-order valence-electron chi connectivity index (χ3n) is 5.59. The van der Waals surface area contributed by atoms with E-state index in [9.17, 15) is 4.79 Å². The third-order valence-corrected chi connectivity index (χ3v) is 5.59. The average molecular weight is 368 g/mol. The van der Waals surface area contributed by atoms with Gasteiger partial charge in [-0.15, -0.1) is 5.10 Å². The molecule has 3 heterocycles. The molecule has 2 aliphatic rings. The summed E-state index contributed by atoms with van der Waals surface area (Å²) in [7, 11) is 0. The van der Waals surface area contributed by atoms with E-state index in [4.69, 9.17) is 0 Å². The summed E-state index contributed by atoms with van der Waals surface area (Å²) >= 11 is 0. The fraction of sp³-hybridized carbons (Fsp3) is 0.217. The van der Waals surface area contributed by atoms with Crippen molar-refractivity contribution < 1.29 is 4.79 Å². The molecule has 1 aromatic heterocycles. The van der Waals surface area contributed by atoms with Crippen molar-refractivity contribution in [2.75, 3.05) is 18.1 Å². The molecule has 0 spiro atoms. The number of fused-ring (bicyclic) bond motifs is 2. The average Bonchev–Trinajstić information content (AvgIpc) is 2.78. The lowest BCUT2D eigenvalue weighted by Gasteiger charge is -2.34. The number of amides is 2. The van der Waals surface area contributed by atoms with Gasteiger partial charge in [0.1, 0.15) is 0 Å². The lowest BCUT2D eigenvalue weighted by molar-refractivity contribution is 0.188. The number of aromatic nitrogens is 1. The van der Waals surface area contributed by atoms with Crippen molar-refractivity contribution in [3.63, 3.8) is 0 Å². The van der Waals surface area contributed by atoms with E-state index < -0.39 is 0 Å². The highest BCUT2D eigenvalue weighted by molar-refractivity contribution is 5.98. The number of likely N-dealkylation sites (tertiary alicyclic amines) is 1. The number of anilines is 1. The third kappa shape index (κ3) is 2.96. The number of rotatable bonds is 1. The molecule has 2 amide bonds. The summed E-state index contributed by atoms with van der Waals surface area (Å²) < 4.78 is 0. The number of nitrogens with zero attached hydrogens (tertiary/aromatic N) is 4. The highest BCUT2D eigenvalue weighted by Gasteiger charge is 2.29. The highest BCUT2D eigenvalue weighted by Crippen LogP contribution is 2.31. The Hall–Kier alpha value is -3.43. The largest absolute Gasteiger partial charge is 0.345 e. The van der Waals surface area contributed by atoms with Gasteiger partial charge in [0.25, 0.3) is 0 Å². The van der Waals surface area contributed by atoms with E-state index in [2.05, 4.69) is 58.4 Å². The maximum Gasteiger partial charge on any atom is 0.345 e. The van der Waals surface area contributed by atoms with Crippen LogP contribution >= 0.6 is 0 Å². The first-order valence-electron chi connectivity index (χ1n) is 9.62. The van der Waals surface area contributed by atoms with E-state index in [1.807, 2.05) is 17.0 Å². The second kappa shape index (κ2) is 6.95. The molecule has 138 valence electrons. The minimum Gasteiger partial charge on any atom is -0.323 e. The van der Waals surface area contributed by atoms with Crippen LogP contribution in [0.15, 0.2) is 65.9 Å². The van der Waals surface area contributed by atoms with Gasteiger partial charge in [0.2, 0.25) is 0 Å². The van der Waals surface area contributed by atoms with Gasteiger partial charge in [-0.25, -0.2) is 4.79 Å². The molecule has 28 heavy (non-hydrogen) atoms. The van der Waals surface area contributed by atoms with Gasteiger partial charge in [-0.05, 0) is 47.2 Å². The molecule has 0 bridgehead atoms. The molecule has 0 atom stereocenters. The van der Waals surface area contributed by atoms with Crippen LogP contribution < -0.4 is 5.01 Å². The molecule has 0 N–H and O–H groups in total. The summed E-state index contributed by atoms with van der Waals surface area (Å²) in [5, 5.41) is 8.11. The first-order chi connectivity index (χ1) is 13.8. The van der Waals surface area contributed by atoms with Crippen LogP contribution in [0.1, 0.15) is 30.0 Å². The van der Waals surface area contributed by atoms with E-state index in [1.54, 1.807) is 12.3 Å². The standard InChI is InChI=1S/C23H20N4O/c28-23(27-22-6-3-12-24-21(22)9-13-25-27)26-14-10-18(11-15-26)20-8-7-17-4-1-2-5-19(17)16-20/h1-9,12,16,18H,10-11,14-15H2. The van der Waals surface area contributed by atoms with Gasteiger partial charge in [-0.1, -0.05) is 42.5 Å². The lowest BCUT2D eigenvalue weighted by Crippen LogP contribution is -2.45. The monoisotopic (exact) mass is 368 g/mol. The minimum atomic E-state index is -0.105. The summed E-state index contributed by atoms with van der Waals surface area (Å²) in [6.45, 7) is 1.45. The summed E-state index contributed by atoms with van der Waals surface area (Å²) in [6.07, 6.45) is 5.32. The zero-order valence-electron chi connectivity index (χ0n) is 15.5. The first kappa shape index (κ1) is 16.7. The molecular formula is C23H20N4O. The Bertz CT molecular complexity index is 1110. The van der Waals surface area contributed by atoms with Gasteiger partial charge >= 0.3 is 6.03 Å². The first-order valence-corrected chi connectivity index (χ1v) is 9.62. The molecule has 2 aliphatic heterocycles. The predicted octanol–water partition coefficient (Wildman–Crippen LogP) is 4.65. The van der Waals surface area contributed by atoms with Crippen molar-refractivity contribution in [2.45, 2.75) is 18.8 Å². The fourth-order valence-electron chi connectivity index (χ4n) is 4.05. The number of carbonyl (C=O) groups is 1. The summed E-state index contributed by atoms with van der Waals surface area (Å²) in [4.78, 5) is 19.2. The number of benzene rings is 2. The molecule has 0 saturated carbocycles. The van der Waals surface area contributed by atoms with Gasteiger partial charge in [-0.2, -0.15) is 5.01 Å². The van der Waals surface area contributed by atoms with Gasteiger partial charge in [-0.3, -0.25) is 4.98 Å². The Kier molecular flexibility index (Phi) is 4.15. The molecular weight excluding hydrogens is 348 g/mol. The van der Waals surface area contributed by atoms with Crippen LogP contribution in [-0.4, -0.2) is 34.9 Å². The Morgan fingerprint density at radius 3 is 2.68 bits per heavy atom. The second-order valence-corrected chi connectivity index (χ2v) is 7.24. The molecule has 5 rings (SSSR count). The Balaban J connectivity index is 1.30. The number of pyridine rings is 1. The SMILES string of the molecule is O=C(N1CCC(c2ccc3ccccc3c2)CC1)N1N=C=Cc2ncccc21. The van der Waals surface area contributed by atoms with Crippen molar-refractivity contribution in [1.29, 1.82) is 0 Å². The summed E-state index contributed by atoms with van der Waals surface area (Å²) in [5.41, 5.74) is 2.79. The number of urea groups is 1. The number of hydrogen-bond donors (Lipinski definition) is 0. The molecule has 5 heteroatoms. The van der Waals surface area contributed by atoms with E-state index in [-0.39, 0.29) is 6.03 Å². The van der Waals surface area contributed by atoms with Crippen molar-refractivity contribution >= 4 is 34.4 Å². The van der Waals surface area contributed by atoms with Crippen LogP contribution in [0.25, 0.3) is 16.8 Å². The van der Waals surface area contributed by atoms with Crippen LogP contribution in [0, 0.1) is 0 Å². The zero-order chi connectivity index (χ0) is 18.9. The highest BCUT2D eigenvalue weighted by atomic mass is 16.2. The van der Waals surface area contributed by atoms with Crippen LogP contribution in [0.3, 0.4) is 0 Å². The molecule has 3 aromatic rings. The molecule has 2 aromatic carbocycles. The molecule has 1 saturated heterocycles. The van der Waals surface area contributed by atoms with Gasteiger partial charge in [0, 0.05) is 31.2 Å². The normalized spacial score (nSPS) is 16.4. The minimum absolute atomic E-state index is 0.105. The van der Waals surface area contributed by atoms with Crippen molar-refractivity contribution in [2.24, 2.45) is 5.10 Å². The van der Waals surface area contributed by atoms with E-state index in [0.717, 1.165) is 31.6 Å². The Morgan fingerprint density at radius 2 is 1.82 bits per heavy atom. The fourth-order valence-corrected chi connectivity index (χ4v) is 4.05. The molecule has 5 nitrogen and oxygen atoms in total. The van der Waals surface area contributed by atoms with E-state index in [0.29, 0.717) is 11.6 Å². The topological polar surface area (TPSA) is 48.8 Å². The number of piperidine rings is 1.